The largest absolute Gasteiger partial charge is 0.357 e. The third kappa shape index (κ3) is 2.28. The summed E-state index contributed by atoms with van der Waals surface area (Å²) in [5.41, 5.74) is -0.177. The van der Waals surface area contributed by atoms with E-state index in [1.54, 1.807) is 0 Å². The molecule has 0 aromatic carbocycles. The van der Waals surface area contributed by atoms with Crippen molar-refractivity contribution >= 4 is 0 Å². The molecule has 3 heterocycles. The first-order valence-corrected chi connectivity index (χ1v) is 6.22. The van der Waals surface area contributed by atoms with Gasteiger partial charge in [0, 0.05) is 18.4 Å². The Balaban J connectivity index is 1.91. The number of alkyl halides is 2. The van der Waals surface area contributed by atoms with Crippen LogP contribution in [0.15, 0.2) is 12.4 Å². The molecule has 1 aliphatic rings. The van der Waals surface area contributed by atoms with Gasteiger partial charge in [0.15, 0.2) is 0 Å². The van der Waals surface area contributed by atoms with Crippen LogP contribution in [0.4, 0.5) is 13.2 Å². The average molecular weight is 287 g/mol. The molecule has 108 valence electrons. The van der Waals surface area contributed by atoms with Gasteiger partial charge in [-0.25, -0.2) is 4.68 Å². The van der Waals surface area contributed by atoms with Gasteiger partial charge >= 0.3 is 6.55 Å². The molecule has 0 amide bonds. The Bertz CT molecular complexity index is 591. The summed E-state index contributed by atoms with van der Waals surface area (Å²) >= 11 is 0. The molecular weight excluding hydrogens is 275 g/mol. The van der Waals surface area contributed by atoms with Crippen LogP contribution in [0.25, 0.3) is 11.3 Å². The number of hydrogen-bond acceptors (Lipinski definition) is 4. The van der Waals surface area contributed by atoms with Crippen molar-refractivity contribution in [1.29, 1.82) is 0 Å². The van der Waals surface area contributed by atoms with E-state index in [0.29, 0.717) is 6.61 Å². The van der Waals surface area contributed by atoms with Gasteiger partial charge in [-0.15, -0.1) is 0 Å². The lowest BCUT2D eigenvalue weighted by Gasteiger charge is -2.22. The summed E-state index contributed by atoms with van der Waals surface area (Å²) in [6, 6.07) is 0. The highest BCUT2D eigenvalue weighted by Crippen LogP contribution is 2.28. The Morgan fingerprint density at radius 3 is 2.90 bits per heavy atom. The Hall–Kier alpha value is -1.90. The minimum atomic E-state index is -2.96. The van der Waals surface area contributed by atoms with Crippen molar-refractivity contribution in [1.82, 2.24) is 24.8 Å². The minimum absolute atomic E-state index is 0.196. The molecule has 0 N–H and O–H groups in total. The Morgan fingerprint density at radius 2 is 2.20 bits per heavy atom. The van der Waals surface area contributed by atoms with E-state index >= 15 is 0 Å². The number of nitrogens with zero attached hydrogens (tertiary/aromatic N) is 5. The van der Waals surface area contributed by atoms with E-state index in [9.17, 15) is 13.2 Å². The van der Waals surface area contributed by atoms with Crippen molar-refractivity contribution in [3.63, 3.8) is 0 Å². The zero-order valence-electron chi connectivity index (χ0n) is 10.4. The summed E-state index contributed by atoms with van der Waals surface area (Å²) in [6.07, 6.45) is 5.31. The summed E-state index contributed by atoms with van der Waals surface area (Å²) in [4.78, 5) is 0. The van der Waals surface area contributed by atoms with Gasteiger partial charge in [-0.3, -0.25) is 0 Å². The lowest BCUT2D eigenvalue weighted by atomic mass is 10.2. The summed E-state index contributed by atoms with van der Waals surface area (Å²) in [5, 5.41) is 10.2. The highest BCUT2D eigenvalue weighted by Gasteiger charge is 2.23. The van der Waals surface area contributed by atoms with Gasteiger partial charge in [-0.2, -0.15) is 23.0 Å². The highest BCUT2D eigenvalue weighted by atomic mass is 19.3. The summed E-state index contributed by atoms with van der Waals surface area (Å²) in [5.74, 6) is -1.05. The molecule has 6 nitrogen and oxygen atoms in total. The minimum Gasteiger partial charge on any atom is -0.357 e. The molecule has 0 radical (unpaired) electrons. The molecule has 1 atom stereocenters. The Kier molecular flexibility index (Phi) is 3.43. The number of rotatable bonds is 3. The molecule has 0 saturated carbocycles. The first-order chi connectivity index (χ1) is 9.66. The lowest BCUT2D eigenvalue weighted by Crippen LogP contribution is -2.18. The zero-order valence-corrected chi connectivity index (χ0v) is 10.4. The fraction of sp³-hybridized carbons (Fsp3) is 0.545. The van der Waals surface area contributed by atoms with E-state index in [1.807, 2.05) is 0 Å². The standard InChI is InChI=1S/C11H12F3N5O/c12-10-9(19(11(13)14)17-16-10)7-5-15-18(6-7)8-3-1-2-4-20-8/h5-6,8,11H,1-4H2. The van der Waals surface area contributed by atoms with Gasteiger partial charge in [-0.05, 0) is 19.3 Å². The first kappa shape index (κ1) is 13.1. The normalized spacial score (nSPS) is 19.7. The third-order valence-corrected chi connectivity index (χ3v) is 3.16. The summed E-state index contributed by atoms with van der Waals surface area (Å²) in [7, 11) is 0. The number of ether oxygens (including phenoxy) is 1. The van der Waals surface area contributed by atoms with Crippen LogP contribution in [-0.4, -0.2) is 31.4 Å². The predicted molar refractivity (Wildman–Crippen MR) is 61.3 cm³/mol. The molecule has 1 unspecified atom stereocenters. The third-order valence-electron chi connectivity index (χ3n) is 3.16. The number of aromatic nitrogens is 5. The van der Waals surface area contributed by atoms with Crippen LogP contribution in [0, 0.1) is 5.95 Å². The zero-order chi connectivity index (χ0) is 14.1. The van der Waals surface area contributed by atoms with E-state index in [1.165, 1.54) is 17.1 Å². The molecule has 0 bridgehead atoms. The maximum atomic E-state index is 13.5. The fourth-order valence-electron chi connectivity index (χ4n) is 2.21. The molecule has 2 aromatic rings. The van der Waals surface area contributed by atoms with Crippen molar-refractivity contribution in [3.8, 4) is 11.3 Å². The number of halogens is 3. The van der Waals surface area contributed by atoms with E-state index in [2.05, 4.69) is 15.4 Å². The van der Waals surface area contributed by atoms with Crippen molar-refractivity contribution in [2.24, 2.45) is 0 Å². The van der Waals surface area contributed by atoms with Crippen molar-refractivity contribution in [2.45, 2.75) is 32.0 Å². The van der Waals surface area contributed by atoms with Gasteiger partial charge in [-0.1, -0.05) is 10.3 Å². The van der Waals surface area contributed by atoms with E-state index in [-0.39, 0.29) is 22.2 Å². The van der Waals surface area contributed by atoms with Crippen LogP contribution in [0.3, 0.4) is 0 Å². The molecule has 2 aromatic heterocycles. The van der Waals surface area contributed by atoms with Crippen LogP contribution in [0.2, 0.25) is 0 Å². The van der Waals surface area contributed by atoms with Crippen LogP contribution < -0.4 is 0 Å². The fourth-order valence-corrected chi connectivity index (χ4v) is 2.21. The van der Waals surface area contributed by atoms with Gasteiger partial charge in [0.2, 0.25) is 0 Å². The van der Waals surface area contributed by atoms with Gasteiger partial charge in [0.1, 0.15) is 11.9 Å². The van der Waals surface area contributed by atoms with Crippen molar-refractivity contribution in [2.75, 3.05) is 6.61 Å². The molecule has 0 spiro atoms. The molecule has 0 aliphatic carbocycles. The second-order valence-corrected chi connectivity index (χ2v) is 4.48. The number of hydrogen-bond donors (Lipinski definition) is 0. The second-order valence-electron chi connectivity index (χ2n) is 4.48. The van der Waals surface area contributed by atoms with Crippen LogP contribution in [-0.2, 0) is 4.74 Å². The van der Waals surface area contributed by atoms with Gasteiger partial charge < -0.3 is 4.74 Å². The Labute approximate surface area is 112 Å². The van der Waals surface area contributed by atoms with E-state index in [0.717, 1.165) is 19.3 Å². The van der Waals surface area contributed by atoms with E-state index < -0.39 is 12.5 Å². The topological polar surface area (TPSA) is 57.8 Å². The Morgan fingerprint density at radius 1 is 1.35 bits per heavy atom. The molecule has 20 heavy (non-hydrogen) atoms. The molecule has 3 rings (SSSR count). The van der Waals surface area contributed by atoms with E-state index in [4.69, 9.17) is 4.74 Å². The smallest absolute Gasteiger partial charge is 0.335 e. The SMILES string of the molecule is Fc1nnn(C(F)F)c1-c1cnn(C2CCCCO2)c1. The van der Waals surface area contributed by atoms with Crippen molar-refractivity contribution in [3.05, 3.63) is 18.3 Å². The van der Waals surface area contributed by atoms with Crippen LogP contribution >= 0.6 is 0 Å². The van der Waals surface area contributed by atoms with Crippen molar-refractivity contribution < 1.29 is 17.9 Å². The average Bonchev–Trinajstić information content (AvgIpc) is 3.06. The predicted octanol–water partition coefficient (Wildman–Crippen LogP) is 2.37. The highest BCUT2D eigenvalue weighted by molar-refractivity contribution is 5.56. The van der Waals surface area contributed by atoms with Crippen LogP contribution in [0.1, 0.15) is 32.0 Å². The maximum Gasteiger partial charge on any atom is 0.335 e. The quantitative estimate of drug-likeness (QED) is 0.869. The second kappa shape index (κ2) is 5.23. The maximum absolute atomic E-state index is 13.5. The molecule has 9 heteroatoms. The molecule has 1 saturated heterocycles. The molecule has 1 fully saturated rings. The monoisotopic (exact) mass is 287 g/mol. The lowest BCUT2D eigenvalue weighted by molar-refractivity contribution is -0.0394. The van der Waals surface area contributed by atoms with Gasteiger partial charge in [0.05, 0.1) is 6.20 Å². The first-order valence-electron chi connectivity index (χ1n) is 6.22. The van der Waals surface area contributed by atoms with Crippen LogP contribution in [0.5, 0.6) is 0 Å². The van der Waals surface area contributed by atoms with Gasteiger partial charge in [0.25, 0.3) is 5.95 Å². The molecular formula is C11H12F3N5O. The molecule has 1 aliphatic heterocycles. The summed E-state index contributed by atoms with van der Waals surface area (Å²) in [6.45, 7) is -2.33. The summed E-state index contributed by atoms with van der Waals surface area (Å²) < 4.78 is 46.2.